The molecular weight excluding hydrogens is 182 g/mol. The highest BCUT2D eigenvalue weighted by Gasteiger charge is 2.46. The molecule has 1 aliphatic rings. The molecule has 1 aromatic heterocycles. The van der Waals surface area contributed by atoms with Gasteiger partial charge in [-0.05, 0) is 23.9 Å². The van der Waals surface area contributed by atoms with Crippen molar-refractivity contribution in [1.29, 1.82) is 5.26 Å². The van der Waals surface area contributed by atoms with Crippen molar-refractivity contribution in [1.82, 2.24) is 0 Å². The normalized spacial score (nSPS) is 19.2. The average molecular weight is 191 g/mol. The lowest BCUT2D eigenvalue weighted by atomic mass is 9.68. The van der Waals surface area contributed by atoms with Crippen LogP contribution in [0.5, 0.6) is 0 Å². The molecule has 0 aliphatic heterocycles. The third-order valence-corrected chi connectivity index (χ3v) is 3.67. The van der Waals surface area contributed by atoms with Crippen molar-refractivity contribution in [2.24, 2.45) is 0 Å². The molecule has 1 saturated carbocycles. The zero-order chi connectivity index (χ0) is 9.47. The highest BCUT2D eigenvalue weighted by Crippen LogP contribution is 2.43. The molecule has 2 rings (SSSR count). The average Bonchev–Trinajstić information content (AvgIpc) is 2.46. The van der Waals surface area contributed by atoms with Gasteiger partial charge < -0.3 is 0 Å². The fraction of sp³-hybridized carbons (Fsp3) is 0.400. The molecule has 1 fully saturated rings. The minimum atomic E-state index is -0.476. The lowest BCUT2D eigenvalue weighted by Gasteiger charge is -2.32. The summed E-state index contributed by atoms with van der Waals surface area (Å²) < 4.78 is 0. The van der Waals surface area contributed by atoms with Crippen LogP contribution in [0.1, 0.15) is 23.3 Å². The molecule has 0 aromatic carbocycles. The van der Waals surface area contributed by atoms with Crippen molar-refractivity contribution in [3.8, 4) is 6.07 Å². The molecule has 0 unspecified atom stereocenters. The SMILES string of the molecule is Cc1csc(C2(C#N)CC(=O)C2)c1. The Kier molecular flexibility index (Phi) is 1.74. The molecule has 0 saturated heterocycles. The molecule has 1 aromatic rings. The molecule has 0 amide bonds. The number of Topliss-reactive ketones (excluding diaryl/α,β-unsaturated/α-hetero) is 1. The summed E-state index contributed by atoms with van der Waals surface area (Å²) in [6.45, 7) is 2.01. The van der Waals surface area contributed by atoms with Gasteiger partial charge in [0.1, 0.15) is 11.2 Å². The van der Waals surface area contributed by atoms with Crippen LogP contribution < -0.4 is 0 Å². The first-order chi connectivity index (χ1) is 6.16. The first kappa shape index (κ1) is 8.46. The van der Waals surface area contributed by atoms with Gasteiger partial charge in [0.2, 0.25) is 0 Å². The summed E-state index contributed by atoms with van der Waals surface area (Å²) in [4.78, 5) is 12.0. The van der Waals surface area contributed by atoms with Gasteiger partial charge in [0, 0.05) is 17.7 Å². The van der Waals surface area contributed by atoms with Crippen molar-refractivity contribution in [2.75, 3.05) is 0 Å². The number of hydrogen-bond donors (Lipinski definition) is 0. The fourth-order valence-corrected chi connectivity index (χ4v) is 2.66. The van der Waals surface area contributed by atoms with E-state index in [4.69, 9.17) is 5.26 Å². The van der Waals surface area contributed by atoms with Gasteiger partial charge in [0.25, 0.3) is 0 Å². The van der Waals surface area contributed by atoms with E-state index in [1.807, 2.05) is 18.4 Å². The van der Waals surface area contributed by atoms with Crippen molar-refractivity contribution in [3.63, 3.8) is 0 Å². The molecule has 1 aliphatic carbocycles. The summed E-state index contributed by atoms with van der Waals surface area (Å²) in [7, 11) is 0. The monoisotopic (exact) mass is 191 g/mol. The number of ketones is 1. The summed E-state index contributed by atoms with van der Waals surface area (Å²) in [5.41, 5.74) is 0.699. The molecule has 2 nitrogen and oxygen atoms in total. The molecule has 0 atom stereocenters. The second-order valence-corrected chi connectivity index (χ2v) is 4.49. The van der Waals surface area contributed by atoms with Crippen LogP contribution in [0, 0.1) is 18.3 Å². The van der Waals surface area contributed by atoms with Crippen LogP contribution in [-0.4, -0.2) is 5.78 Å². The van der Waals surface area contributed by atoms with Gasteiger partial charge in [-0.25, -0.2) is 0 Å². The number of nitriles is 1. The molecule has 0 radical (unpaired) electrons. The number of carbonyl (C=O) groups is 1. The molecule has 0 bridgehead atoms. The lowest BCUT2D eigenvalue weighted by Crippen LogP contribution is -2.39. The Bertz CT molecular complexity index is 391. The maximum atomic E-state index is 10.9. The van der Waals surface area contributed by atoms with E-state index >= 15 is 0 Å². The van der Waals surface area contributed by atoms with Crippen LogP contribution in [0.25, 0.3) is 0 Å². The van der Waals surface area contributed by atoms with Crippen molar-refractivity contribution in [3.05, 3.63) is 21.9 Å². The molecular formula is C10H9NOS. The standard InChI is InChI=1S/C10H9NOS/c1-7-2-9(13-5-7)10(6-11)3-8(12)4-10/h2,5H,3-4H2,1H3. The summed E-state index contributed by atoms with van der Waals surface area (Å²) in [5.74, 6) is 0.201. The minimum Gasteiger partial charge on any atom is -0.300 e. The third kappa shape index (κ3) is 1.18. The second-order valence-electron chi connectivity index (χ2n) is 3.57. The van der Waals surface area contributed by atoms with E-state index in [0.29, 0.717) is 12.8 Å². The predicted octanol–water partition coefficient (Wildman–Crippen LogP) is 2.18. The molecule has 0 spiro atoms. The van der Waals surface area contributed by atoms with Crippen LogP contribution in [0.3, 0.4) is 0 Å². The van der Waals surface area contributed by atoms with E-state index in [9.17, 15) is 4.79 Å². The van der Waals surface area contributed by atoms with Gasteiger partial charge in [0.15, 0.2) is 0 Å². The zero-order valence-corrected chi connectivity index (χ0v) is 8.15. The lowest BCUT2D eigenvalue weighted by molar-refractivity contribution is -0.126. The van der Waals surface area contributed by atoms with E-state index in [2.05, 4.69) is 6.07 Å². The maximum absolute atomic E-state index is 10.9. The molecule has 13 heavy (non-hydrogen) atoms. The van der Waals surface area contributed by atoms with Gasteiger partial charge in [-0.15, -0.1) is 11.3 Å². The minimum absolute atomic E-state index is 0.201. The van der Waals surface area contributed by atoms with E-state index in [0.717, 1.165) is 4.88 Å². The second kappa shape index (κ2) is 2.68. The third-order valence-electron chi connectivity index (χ3n) is 2.41. The van der Waals surface area contributed by atoms with Crippen LogP contribution >= 0.6 is 11.3 Å². The Balaban J connectivity index is 2.35. The molecule has 0 N–H and O–H groups in total. The van der Waals surface area contributed by atoms with Crippen molar-refractivity contribution in [2.45, 2.75) is 25.2 Å². The number of hydrogen-bond acceptors (Lipinski definition) is 3. The summed E-state index contributed by atoms with van der Waals surface area (Å²) >= 11 is 1.58. The summed E-state index contributed by atoms with van der Waals surface area (Å²) in [6.07, 6.45) is 0.812. The number of rotatable bonds is 1. The highest BCUT2D eigenvalue weighted by atomic mass is 32.1. The molecule has 3 heteroatoms. The molecule has 66 valence electrons. The van der Waals surface area contributed by atoms with Gasteiger partial charge >= 0.3 is 0 Å². The molecule has 1 heterocycles. The maximum Gasteiger partial charge on any atom is 0.136 e. The van der Waals surface area contributed by atoms with E-state index in [1.165, 1.54) is 5.56 Å². The van der Waals surface area contributed by atoms with Crippen molar-refractivity contribution < 1.29 is 4.79 Å². The Morgan fingerprint density at radius 3 is 2.69 bits per heavy atom. The van der Waals surface area contributed by atoms with Crippen LogP contribution in [0.15, 0.2) is 11.4 Å². The largest absolute Gasteiger partial charge is 0.300 e. The van der Waals surface area contributed by atoms with Gasteiger partial charge in [-0.2, -0.15) is 5.26 Å². The summed E-state index contributed by atoms with van der Waals surface area (Å²) in [6, 6.07) is 4.28. The number of aryl methyl sites for hydroxylation is 1. The van der Waals surface area contributed by atoms with Gasteiger partial charge in [-0.3, -0.25) is 4.79 Å². The fourth-order valence-electron chi connectivity index (χ4n) is 1.61. The zero-order valence-electron chi connectivity index (χ0n) is 7.33. The van der Waals surface area contributed by atoms with Crippen molar-refractivity contribution >= 4 is 17.1 Å². The van der Waals surface area contributed by atoms with Gasteiger partial charge in [0.05, 0.1) is 6.07 Å². The Morgan fingerprint density at radius 2 is 2.31 bits per heavy atom. The number of thiophene rings is 1. The van der Waals surface area contributed by atoms with Crippen LogP contribution in [-0.2, 0) is 10.2 Å². The highest BCUT2D eigenvalue weighted by molar-refractivity contribution is 7.10. The predicted molar refractivity (Wildman–Crippen MR) is 50.6 cm³/mol. The van der Waals surface area contributed by atoms with Crippen LogP contribution in [0.2, 0.25) is 0 Å². The smallest absolute Gasteiger partial charge is 0.136 e. The van der Waals surface area contributed by atoms with Crippen LogP contribution in [0.4, 0.5) is 0 Å². The quantitative estimate of drug-likeness (QED) is 0.682. The Morgan fingerprint density at radius 1 is 1.62 bits per heavy atom. The number of nitrogens with zero attached hydrogens (tertiary/aromatic N) is 1. The Hall–Kier alpha value is -1.14. The number of carbonyl (C=O) groups excluding carboxylic acids is 1. The summed E-state index contributed by atoms with van der Waals surface area (Å²) in [5, 5.41) is 11.0. The topological polar surface area (TPSA) is 40.9 Å². The first-order valence-corrected chi connectivity index (χ1v) is 5.03. The van der Waals surface area contributed by atoms with E-state index in [1.54, 1.807) is 11.3 Å². The van der Waals surface area contributed by atoms with E-state index < -0.39 is 5.41 Å². The Labute approximate surface area is 80.8 Å². The van der Waals surface area contributed by atoms with Gasteiger partial charge in [-0.1, -0.05) is 0 Å². The first-order valence-electron chi connectivity index (χ1n) is 4.15. The van der Waals surface area contributed by atoms with E-state index in [-0.39, 0.29) is 5.78 Å².